The maximum Gasteiger partial charge on any atom is 0.225 e. The number of fused-ring (bicyclic) bond motifs is 1. The zero-order valence-corrected chi connectivity index (χ0v) is 18.3. The highest BCUT2D eigenvalue weighted by Crippen LogP contribution is 2.37. The van der Waals surface area contributed by atoms with Crippen molar-refractivity contribution in [2.45, 2.75) is 57.5 Å². The number of aromatic nitrogens is 2. The summed E-state index contributed by atoms with van der Waals surface area (Å²) in [7, 11) is 0. The lowest BCUT2D eigenvalue weighted by Gasteiger charge is -2.34. The molecule has 5 heteroatoms. The summed E-state index contributed by atoms with van der Waals surface area (Å²) in [6, 6.07) is 19.2. The number of hydrogen-bond acceptors (Lipinski definition) is 3. The van der Waals surface area contributed by atoms with Crippen molar-refractivity contribution in [2.24, 2.45) is 5.92 Å². The van der Waals surface area contributed by atoms with Crippen LogP contribution in [-0.2, 0) is 4.79 Å². The zero-order valence-electron chi connectivity index (χ0n) is 18.3. The Hall–Kier alpha value is -2.82. The zero-order chi connectivity index (χ0) is 21.2. The van der Waals surface area contributed by atoms with Crippen LogP contribution in [-0.4, -0.2) is 28.5 Å². The van der Waals surface area contributed by atoms with Crippen molar-refractivity contribution >= 4 is 22.9 Å². The first kappa shape index (κ1) is 20.1. The van der Waals surface area contributed by atoms with Crippen LogP contribution >= 0.6 is 0 Å². The van der Waals surface area contributed by atoms with Crippen molar-refractivity contribution in [1.82, 2.24) is 14.9 Å². The molecule has 1 amide bonds. The summed E-state index contributed by atoms with van der Waals surface area (Å²) >= 11 is 0. The molecule has 1 N–H and O–H groups in total. The van der Waals surface area contributed by atoms with Gasteiger partial charge in [0.05, 0.1) is 23.0 Å². The van der Waals surface area contributed by atoms with Crippen molar-refractivity contribution < 1.29 is 4.79 Å². The highest BCUT2D eigenvalue weighted by Gasteiger charge is 2.31. The van der Waals surface area contributed by atoms with Crippen LogP contribution in [0.25, 0.3) is 11.0 Å². The summed E-state index contributed by atoms with van der Waals surface area (Å²) in [5.41, 5.74) is 3.44. The van der Waals surface area contributed by atoms with Gasteiger partial charge in [0.1, 0.15) is 0 Å². The smallest absolute Gasteiger partial charge is 0.225 e. The van der Waals surface area contributed by atoms with Crippen molar-refractivity contribution in [2.75, 3.05) is 18.0 Å². The average Bonchev–Trinajstić information content (AvgIpc) is 3.47. The van der Waals surface area contributed by atoms with Gasteiger partial charge in [0.25, 0.3) is 0 Å². The monoisotopic (exact) mass is 416 g/mol. The number of carbonyl (C=O) groups is 1. The molecule has 2 aliphatic rings. The summed E-state index contributed by atoms with van der Waals surface area (Å²) in [4.78, 5) is 20.5. The van der Waals surface area contributed by atoms with Gasteiger partial charge in [-0.25, -0.2) is 4.98 Å². The Morgan fingerprint density at radius 2 is 1.74 bits per heavy atom. The van der Waals surface area contributed by atoms with Gasteiger partial charge in [-0.15, -0.1) is 0 Å². The second-order valence-electron chi connectivity index (χ2n) is 9.13. The quantitative estimate of drug-likeness (QED) is 0.618. The van der Waals surface area contributed by atoms with Crippen molar-refractivity contribution in [3.63, 3.8) is 0 Å². The second kappa shape index (κ2) is 8.74. The van der Waals surface area contributed by atoms with E-state index in [1.54, 1.807) is 0 Å². The minimum Gasteiger partial charge on any atom is -0.349 e. The predicted octanol–water partition coefficient (Wildman–Crippen LogP) is 5.25. The second-order valence-corrected chi connectivity index (χ2v) is 9.13. The normalized spacial score (nSPS) is 20.8. The van der Waals surface area contributed by atoms with E-state index in [0.29, 0.717) is 6.04 Å². The van der Waals surface area contributed by atoms with Gasteiger partial charge < -0.3 is 14.8 Å². The third-order valence-electron chi connectivity index (χ3n) is 7.00. The van der Waals surface area contributed by atoms with Gasteiger partial charge in [0, 0.05) is 19.1 Å². The fourth-order valence-corrected chi connectivity index (χ4v) is 5.31. The third-order valence-corrected chi connectivity index (χ3v) is 7.00. The molecule has 2 aromatic carbocycles. The molecule has 2 fully saturated rings. The SMILES string of the molecule is C[C@H](NC(=O)[C@@H]1CCCN(c2nc3ccccc3n2C2CCCC2)C1)c1ccccc1. The van der Waals surface area contributed by atoms with E-state index in [1.165, 1.54) is 31.2 Å². The minimum absolute atomic E-state index is 0.00301. The molecule has 1 aromatic heterocycles. The van der Waals surface area contributed by atoms with Crippen LogP contribution in [0, 0.1) is 5.92 Å². The topological polar surface area (TPSA) is 50.2 Å². The van der Waals surface area contributed by atoms with Gasteiger partial charge in [-0.2, -0.15) is 0 Å². The van der Waals surface area contributed by atoms with E-state index in [9.17, 15) is 4.79 Å². The first-order valence-electron chi connectivity index (χ1n) is 11.8. The van der Waals surface area contributed by atoms with Gasteiger partial charge in [0.2, 0.25) is 11.9 Å². The number of piperidine rings is 1. The molecule has 1 aliphatic carbocycles. The summed E-state index contributed by atoms with van der Waals surface area (Å²) in [5.74, 6) is 1.21. The third kappa shape index (κ3) is 4.06. The Labute approximate surface area is 184 Å². The Kier molecular flexibility index (Phi) is 5.66. The highest BCUT2D eigenvalue weighted by molar-refractivity contribution is 5.81. The fourth-order valence-electron chi connectivity index (χ4n) is 5.31. The van der Waals surface area contributed by atoms with Crippen LogP contribution in [0.5, 0.6) is 0 Å². The molecule has 3 aromatic rings. The molecular weight excluding hydrogens is 384 g/mol. The largest absolute Gasteiger partial charge is 0.349 e. The molecule has 0 radical (unpaired) electrons. The van der Waals surface area contributed by atoms with Crippen LogP contribution in [0.3, 0.4) is 0 Å². The van der Waals surface area contributed by atoms with Crippen LogP contribution in [0.15, 0.2) is 54.6 Å². The van der Waals surface area contributed by atoms with Crippen molar-refractivity contribution in [3.8, 4) is 0 Å². The molecule has 0 bridgehead atoms. The number of nitrogens with one attached hydrogen (secondary N) is 1. The number of imidazole rings is 1. The maximum atomic E-state index is 13.1. The number of nitrogens with zero attached hydrogens (tertiary/aromatic N) is 3. The Morgan fingerprint density at radius 3 is 2.55 bits per heavy atom. The number of rotatable bonds is 5. The van der Waals surface area contributed by atoms with E-state index in [4.69, 9.17) is 4.98 Å². The van der Waals surface area contributed by atoms with Crippen molar-refractivity contribution in [1.29, 1.82) is 0 Å². The standard InChI is InChI=1S/C26H32N4O/c1-19(20-10-3-2-4-11-20)27-25(31)21-12-9-17-29(18-21)26-28-23-15-7-8-16-24(23)30(26)22-13-5-6-14-22/h2-4,7-8,10-11,15-16,19,21-22H,5-6,9,12-14,17-18H2,1H3,(H,27,31)/t19-,21+/m0/s1. The van der Waals surface area contributed by atoms with Gasteiger partial charge in [-0.05, 0) is 50.3 Å². The Balaban J connectivity index is 1.36. The van der Waals surface area contributed by atoms with E-state index in [-0.39, 0.29) is 17.9 Å². The molecule has 0 unspecified atom stereocenters. The minimum atomic E-state index is -0.00301. The number of hydrogen-bond donors (Lipinski definition) is 1. The van der Waals surface area contributed by atoms with Gasteiger partial charge in [-0.1, -0.05) is 55.3 Å². The van der Waals surface area contributed by atoms with Crippen LogP contribution in [0.2, 0.25) is 0 Å². The first-order chi connectivity index (χ1) is 15.2. The molecule has 5 rings (SSSR count). The molecule has 1 saturated heterocycles. The van der Waals surface area contributed by atoms with E-state index in [2.05, 4.69) is 58.1 Å². The van der Waals surface area contributed by atoms with Gasteiger partial charge >= 0.3 is 0 Å². The summed E-state index contributed by atoms with van der Waals surface area (Å²) < 4.78 is 2.47. The predicted molar refractivity (Wildman–Crippen MR) is 125 cm³/mol. The molecule has 2 atom stereocenters. The maximum absolute atomic E-state index is 13.1. The lowest BCUT2D eigenvalue weighted by Crippen LogP contribution is -2.44. The molecule has 162 valence electrons. The Bertz CT molecular complexity index is 1040. The lowest BCUT2D eigenvalue weighted by atomic mass is 9.96. The molecule has 1 aliphatic heterocycles. The van der Waals surface area contributed by atoms with E-state index in [1.807, 2.05) is 18.2 Å². The van der Waals surface area contributed by atoms with E-state index >= 15 is 0 Å². The average molecular weight is 417 g/mol. The Morgan fingerprint density at radius 1 is 1.00 bits per heavy atom. The number of benzene rings is 2. The fraction of sp³-hybridized carbons (Fsp3) is 0.462. The van der Waals surface area contributed by atoms with E-state index in [0.717, 1.165) is 43.0 Å². The summed E-state index contributed by atoms with van der Waals surface area (Å²) in [5, 5.41) is 3.24. The summed E-state index contributed by atoms with van der Waals surface area (Å²) in [6.07, 6.45) is 6.98. The lowest BCUT2D eigenvalue weighted by molar-refractivity contribution is -0.125. The number of para-hydroxylation sites is 2. The van der Waals surface area contributed by atoms with Gasteiger partial charge in [-0.3, -0.25) is 4.79 Å². The molecule has 0 spiro atoms. The number of anilines is 1. The molecular formula is C26H32N4O. The molecule has 5 nitrogen and oxygen atoms in total. The molecule has 1 saturated carbocycles. The molecule has 31 heavy (non-hydrogen) atoms. The summed E-state index contributed by atoms with van der Waals surface area (Å²) in [6.45, 7) is 3.77. The number of carbonyl (C=O) groups excluding carboxylic acids is 1. The first-order valence-corrected chi connectivity index (χ1v) is 11.8. The molecule has 2 heterocycles. The van der Waals surface area contributed by atoms with Crippen LogP contribution < -0.4 is 10.2 Å². The number of amides is 1. The van der Waals surface area contributed by atoms with Crippen LogP contribution in [0.4, 0.5) is 5.95 Å². The van der Waals surface area contributed by atoms with Crippen molar-refractivity contribution in [3.05, 3.63) is 60.2 Å². The highest BCUT2D eigenvalue weighted by atomic mass is 16.2. The van der Waals surface area contributed by atoms with E-state index < -0.39 is 0 Å². The van der Waals surface area contributed by atoms with Gasteiger partial charge in [0.15, 0.2) is 0 Å². The van der Waals surface area contributed by atoms with Crippen LogP contribution in [0.1, 0.15) is 63.1 Å².